The number of nitrogens with one attached hydrogen (secondary N) is 1. The summed E-state index contributed by atoms with van der Waals surface area (Å²) in [6.07, 6.45) is 3.24. The van der Waals surface area contributed by atoms with Crippen molar-refractivity contribution in [2.24, 2.45) is 0 Å². The van der Waals surface area contributed by atoms with Gasteiger partial charge in [-0.2, -0.15) is 4.31 Å². The number of aromatic amines is 1. The van der Waals surface area contributed by atoms with E-state index < -0.39 is 10.0 Å². The summed E-state index contributed by atoms with van der Waals surface area (Å²) in [5, 5.41) is 0. The molecule has 0 spiro atoms. The number of nitrogens with zero attached hydrogens (tertiary/aromatic N) is 2. The highest BCUT2D eigenvalue weighted by molar-refractivity contribution is 9.10. The molecule has 1 aromatic carbocycles. The molecule has 0 radical (unpaired) electrons. The summed E-state index contributed by atoms with van der Waals surface area (Å²) >= 11 is 3.28. The molecule has 1 N–H and O–H groups in total. The van der Waals surface area contributed by atoms with Crippen molar-refractivity contribution in [3.8, 4) is 5.75 Å². The number of methoxy groups -OCH3 is 1. The number of benzene rings is 1. The molecule has 108 valence electrons. The van der Waals surface area contributed by atoms with Crippen LogP contribution in [0, 0.1) is 0 Å². The summed E-state index contributed by atoms with van der Waals surface area (Å²) in [6.45, 7) is 0.180. The number of hydrogen-bond acceptors (Lipinski definition) is 4. The molecule has 0 amide bonds. The summed E-state index contributed by atoms with van der Waals surface area (Å²) in [5.41, 5.74) is 0. The average Bonchev–Trinajstić information content (AvgIpc) is 2.91. The second kappa shape index (κ2) is 5.94. The first-order valence-corrected chi connectivity index (χ1v) is 7.96. The monoisotopic (exact) mass is 359 g/mol. The van der Waals surface area contributed by atoms with Crippen molar-refractivity contribution in [2.75, 3.05) is 14.2 Å². The second-order valence-corrected chi connectivity index (χ2v) is 6.99. The van der Waals surface area contributed by atoms with Crippen molar-refractivity contribution in [3.05, 3.63) is 40.9 Å². The van der Waals surface area contributed by atoms with Gasteiger partial charge in [0.2, 0.25) is 10.0 Å². The molecule has 2 rings (SSSR count). The van der Waals surface area contributed by atoms with Crippen LogP contribution < -0.4 is 4.74 Å². The first-order chi connectivity index (χ1) is 9.45. The zero-order chi connectivity index (χ0) is 14.8. The lowest BCUT2D eigenvalue weighted by molar-refractivity contribution is 0.411. The van der Waals surface area contributed by atoms with E-state index in [9.17, 15) is 8.42 Å². The zero-order valence-electron chi connectivity index (χ0n) is 11.0. The van der Waals surface area contributed by atoms with Crippen LogP contribution in [0.3, 0.4) is 0 Å². The topological polar surface area (TPSA) is 75.3 Å². The van der Waals surface area contributed by atoms with Gasteiger partial charge in [-0.1, -0.05) is 0 Å². The first-order valence-electron chi connectivity index (χ1n) is 5.73. The number of aromatic nitrogens is 2. The highest BCUT2D eigenvalue weighted by atomic mass is 79.9. The van der Waals surface area contributed by atoms with E-state index in [2.05, 4.69) is 25.9 Å². The Kier molecular flexibility index (Phi) is 4.46. The van der Waals surface area contributed by atoms with Gasteiger partial charge in [-0.15, -0.1) is 0 Å². The van der Waals surface area contributed by atoms with Crippen LogP contribution in [0.25, 0.3) is 0 Å². The molecule has 0 atom stereocenters. The summed E-state index contributed by atoms with van der Waals surface area (Å²) in [7, 11) is -0.540. The molecular formula is C12H14BrN3O3S. The third-order valence-corrected chi connectivity index (χ3v) is 5.18. The highest BCUT2D eigenvalue weighted by Gasteiger charge is 2.22. The standard InChI is InChI=1S/C12H14BrN3O3S/c1-16(8-12-14-5-6-15-12)20(17,18)9-3-4-11(19-2)10(13)7-9/h3-7H,8H2,1-2H3,(H,14,15). The molecule has 0 saturated carbocycles. The maximum atomic E-state index is 12.4. The van der Waals surface area contributed by atoms with Gasteiger partial charge < -0.3 is 9.72 Å². The summed E-state index contributed by atoms with van der Waals surface area (Å²) < 4.78 is 31.8. The summed E-state index contributed by atoms with van der Waals surface area (Å²) in [5.74, 6) is 1.17. The van der Waals surface area contributed by atoms with Crippen LogP contribution in [-0.4, -0.2) is 36.8 Å². The largest absolute Gasteiger partial charge is 0.496 e. The number of H-pyrrole nitrogens is 1. The Labute approximate surface area is 126 Å². The third-order valence-electron chi connectivity index (χ3n) is 2.76. The Morgan fingerprint density at radius 1 is 1.45 bits per heavy atom. The van der Waals surface area contributed by atoms with Crippen molar-refractivity contribution in [3.63, 3.8) is 0 Å². The number of rotatable bonds is 5. The molecule has 20 heavy (non-hydrogen) atoms. The first kappa shape index (κ1) is 15.0. The molecule has 1 heterocycles. The Morgan fingerprint density at radius 3 is 2.75 bits per heavy atom. The molecular weight excluding hydrogens is 346 g/mol. The van der Waals surface area contributed by atoms with Gasteiger partial charge in [0.25, 0.3) is 0 Å². The van der Waals surface area contributed by atoms with Crippen LogP contribution >= 0.6 is 15.9 Å². The van der Waals surface area contributed by atoms with Crippen molar-refractivity contribution < 1.29 is 13.2 Å². The minimum atomic E-state index is -3.57. The van der Waals surface area contributed by atoms with Crippen LogP contribution in [0.15, 0.2) is 40.0 Å². The van der Waals surface area contributed by atoms with Gasteiger partial charge in [0, 0.05) is 19.4 Å². The van der Waals surface area contributed by atoms with E-state index in [1.165, 1.54) is 30.6 Å². The lowest BCUT2D eigenvalue weighted by Gasteiger charge is -2.16. The molecule has 0 saturated heterocycles. The molecule has 0 aliphatic heterocycles. The molecule has 0 aliphatic rings. The van der Waals surface area contributed by atoms with Gasteiger partial charge >= 0.3 is 0 Å². The second-order valence-electron chi connectivity index (χ2n) is 4.09. The van der Waals surface area contributed by atoms with Gasteiger partial charge in [-0.25, -0.2) is 13.4 Å². The molecule has 0 bridgehead atoms. The van der Waals surface area contributed by atoms with Crippen LogP contribution in [-0.2, 0) is 16.6 Å². The quantitative estimate of drug-likeness (QED) is 0.885. The fraction of sp³-hybridized carbons (Fsp3) is 0.250. The van der Waals surface area contributed by atoms with E-state index in [0.29, 0.717) is 16.0 Å². The fourth-order valence-electron chi connectivity index (χ4n) is 1.67. The minimum absolute atomic E-state index is 0.180. The van der Waals surface area contributed by atoms with E-state index in [1.54, 1.807) is 18.5 Å². The van der Waals surface area contributed by atoms with Gasteiger partial charge in [0.15, 0.2) is 0 Å². The third kappa shape index (κ3) is 3.02. The lowest BCUT2D eigenvalue weighted by atomic mass is 10.3. The molecule has 0 unspecified atom stereocenters. The van der Waals surface area contributed by atoms with E-state index in [4.69, 9.17) is 4.74 Å². The Hall–Kier alpha value is -1.38. The van der Waals surface area contributed by atoms with Crippen molar-refractivity contribution in [1.29, 1.82) is 0 Å². The van der Waals surface area contributed by atoms with Gasteiger partial charge in [0.1, 0.15) is 11.6 Å². The number of ether oxygens (including phenoxy) is 1. The Bertz CT molecular complexity index is 686. The SMILES string of the molecule is COc1ccc(S(=O)(=O)N(C)Cc2ncc[nH]2)cc1Br. The maximum Gasteiger partial charge on any atom is 0.243 e. The minimum Gasteiger partial charge on any atom is -0.496 e. The van der Waals surface area contributed by atoms with Crippen molar-refractivity contribution in [1.82, 2.24) is 14.3 Å². The summed E-state index contributed by atoms with van der Waals surface area (Å²) in [4.78, 5) is 7.09. The van der Waals surface area contributed by atoms with Crippen molar-refractivity contribution >= 4 is 26.0 Å². The molecule has 2 aromatic rings. The summed E-state index contributed by atoms with van der Waals surface area (Å²) in [6, 6.07) is 4.64. The molecule has 8 heteroatoms. The highest BCUT2D eigenvalue weighted by Crippen LogP contribution is 2.28. The maximum absolute atomic E-state index is 12.4. The smallest absolute Gasteiger partial charge is 0.243 e. The number of halogens is 1. The van der Waals surface area contributed by atoms with Crippen LogP contribution in [0.4, 0.5) is 0 Å². The van der Waals surface area contributed by atoms with E-state index in [-0.39, 0.29) is 11.4 Å². The number of hydrogen-bond donors (Lipinski definition) is 1. The van der Waals surface area contributed by atoms with E-state index in [1.807, 2.05) is 0 Å². The molecule has 1 aromatic heterocycles. The predicted octanol–water partition coefficient (Wildman–Crippen LogP) is 2.00. The fourth-order valence-corrected chi connectivity index (χ4v) is 3.52. The molecule has 0 aliphatic carbocycles. The van der Waals surface area contributed by atoms with Gasteiger partial charge in [-0.3, -0.25) is 0 Å². The van der Waals surface area contributed by atoms with Gasteiger partial charge in [-0.05, 0) is 34.1 Å². The Balaban J connectivity index is 2.27. The van der Waals surface area contributed by atoms with Crippen LogP contribution in [0.2, 0.25) is 0 Å². The molecule has 0 fully saturated rings. The number of sulfonamides is 1. The van der Waals surface area contributed by atoms with Gasteiger partial charge in [0.05, 0.1) is 23.0 Å². The Morgan fingerprint density at radius 2 is 2.20 bits per heavy atom. The van der Waals surface area contributed by atoms with E-state index >= 15 is 0 Å². The number of imidazole rings is 1. The molecule has 6 nitrogen and oxygen atoms in total. The predicted molar refractivity (Wildman–Crippen MR) is 77.9 cm³/mol. The average molecular weight is 360 g/mol. The lowest BCUT2D eigenvalue weighted by Crippen LogP contribution is -2.27. The normalized spacial score (nSPS) is 11.8. The van der Waals surface area contributed by atoms with Crippen LogP contribution in [0.1, 0.15) is 5.82 Å². The van der Waals surface area contributed by atoms with Crippen LogP contribution in [0.5, 0.6) is 5.75 Å². The zero-order valence-corrected chi connectivity index (χ0v) is 13.4. The van der Waals surface area contributed by atoms with E-state index in [0.717, 1.165) is 0 Å². The van der Waals surface area contributed by atoms with Crippen molar-refractivity contribution in [2.45, 2.75) is 11.4 Å².